The molecule has 1 aromatic carbocycles. The van der Waals surface area contributed by atoms with Crippen LogP contribution in [0, 0.1) is 0 Å². The molecule has 1 fully saturated rings. The summed E-state index contributed by atoms with van der Waals surface area (Å²) in [5.74, 6) is 1.49. The highest BCUT2D eigenvalue weighted by molar-refractivity contribution is 5.76. The van der Waals surface area contributed by atoms with Gasteiger partial charge in [-0.15, -0.1) is 0 Å². The monoisotopic (exact) mass is 218 g/mol. The topological polar surface area (TPSA) is 26.3 Å². The van der Waals surface area contributed by atoms with Crippen molar-refractivity contribution in [1.82, 2.24) is 0 Å². The van der Waals surface area contributed by atoms with E-state index in [0.29, 0.717) is 18.4 Å². The Labute approximate surface area is 96.6 Å². The van der Waals surface area contributed by atoms with E-state index in [1.165, 1.54) is 18.4 Å². The van der Waals surface area contributed by atoms with Crippen molar-refractivity contribution in [2.45, 2.75) is 45.1 Å². The van der Waals surface area contributed by atoms with Gasteiger partial charge in [0.25, 0.3) is 0 Å². The van der Waals surface area contributed by atoms with Crippen LogP contribution in [0.25, 0.3) is 0 Å². The molecular weight excluding hydrogens is 200 g/mol. The average Bonchev–Trinajstić information content (AvgIpc) is 3.01. The van der Waals surface area contributed by atoms with Crippen LogP contribution in [0.1, 0.15) is 44.6 Å². The summed E-state index contributed by atoms with van der Waals surface area (Å²) in [5.41, 5.74) is 1.21. The molecule has 0 radical (unpaired) electrons. The van der Waals surface area contributed by atoms with Gasteiger partial charge in [-0.3, -0.25) is 0 Å². The third kappa shape index (κ3) is 3.09. The van der Waals surface area contributed by atoms with Crippen molar-refractivity contribution < 1.29 is 9.53 Å². The third-order valence-electron chi connectivity index (χ3n) is 2.87. The fourth-order valence-corrected chi connectivity index (χ4v) is 1.80. The molecule has 0 heterocycles. The van der Waals surface area contributed by atoms with Crippen molar-refractivity contribution in [3.63, 3.8) is 0 Å². The van der Waals surface area contributed by atoms with Gasteiger partial charge in [-0.2, -0.15) is 0 Å². The SMILES string of the molecule is CC(=O)CC(C)c1ccc(OC2CC2)cc1. The lowest BCUT2D eigenvalue weighted by Gasteiger charge is -2.11. The van der Waals surface area contributed by atoms with Gasteiger partial charge < -0.3 is 9.53 Å². The first-order valence-electron chi connectivity index (χ1n) is 5.91. The molecule has 0 spiro atoms. The second-order valence-electron chi connectivity index (χ2n) is 4.69. The summed E-state index contributed by atoms with van der Waals surface area (Å²) >= 11 is 0. The van der Waals surface area contributed by atoms with Gasteiger partial charge in [0.05, 0.1) is 6.10 Å². The highest BCUT2D eigenvalue weighted by Crippen LogP contribution is 2.28. The van der Waals surface area contributed by atoms with Crippen molar-refractivity contribution in [2.75, 3.05) is 0 Å². The van der Waals surface area contributed by atoms with Gasteiger partial charge in [0.15, 0.2) is 0 Å². The van der Waals surface area contributed by atoms with Crippen LogP contribution < -0.4 is 4.74 Å². The van der Waals surface area contributed by atoms with E-state index in [0.717, 1.165) is 5.75 Å². The first-order chi connectivity index (χ1) is 7.65. The van der Waals surface area contributed by atoms with Crippen molar-refractivity contribution in [1.29, 1.82) is 0 Å². The first-order valence-corrected chi connectivity index (χ1v) is 5.91. The molecule has 1 atom stereocenters. The average molecular weight is 218 g/mol. The number of rotatable bonds is 5. The molecule has 16 heavy (non-hydrogen) atoms. The lowest BCUT2D eigenvalue weighted by molar-refractivity contribution is -0.117. The molecule has 2 rings (SSSR count). The minimum absolute atomic E-state index is 0.241. The maximum atomic E-state index is 11.0. The standard InChI is InChI=1S/C14H18O2/c1-10(9-11(2)15)12-3-5-13(6-4-12)16-14-7-8-14/h3-6,10,14H,7-9H2,1-2H3. The molecule has 0 bridgehead atoms. The normalized spacial score (nSPS) is 16.9. The fourth-order valence-electron chi connectivity index (χ4n) is 1.80. The lowest BCUT2D eigenvalue weighted by atomic mass is 9.96. The summed E-state index contributed by atoms with van der Waals surface area (Å²) in [6.45, 7) is 3.72. The summed E-state index contributed by atoms with van der Waals surface area (Å²) in [5, 5.41) is 0. The van der Waals surface area contributed by atoms with Crippen LogP contribution in [0.2, 0.25) is 0 Å². The maximum Gasteiger partial charge on any atom is 0.130 e. The Morgan fingerprint density at radius 3 is 2.50 bits per heavy atom. The van der Waals surface area contributed by atoms with E-state index in [-0.39, 0.29) is 5.78 Å². The fraction of sp³-hybridized carbons (Fsp3) is 0.500. The lowest BCUT2D eigenvalue weighted by Crippen LogP contribution is -2.01. The van der Waals surface area contributed by atoms with E-state index >= 15 is 0 Å². The van der Waals surface area contributed by atoms with Gasteiger partial charge >= 0.3 is 0 Å². The van der Waals surface area contributed by atoms with Crippen molar-refractivity contribution in [2.24, 2.45) is 0 Å². The minimum Gasteiger partial charge on any atom is -0.490 e. The Bertz CT molecular complexity index is 363. The van der Waals surface area contributed by atoms with Crippen molar-refractivity contribution in [3.05, 3.63) is 29.8 Å². The molecule has 86 valence electrons. The van der Waals surface area contributed by atoms with Crippen LogP contribution >= 0.6 is 0 Å². The zero-order chi connectivity index (χ0) is 11.5. The number of ether oxygens (including phenoxy) is 1. The number of hydrogen-bond acceptors (Lipinski definition) is 2. The predicted molar refractivity (Wildman–Crippen MR) is 63.8 cm³/mol. The number of Topliss-reactive ketones (excluding diaryl/α,β-unsaturated/α-hetero) is 1. The van der Waals surface area contributed by atoms with E-state index in [4.69, 9.17) is 4.74 Å². The molecule has 2 nitrogen and oxygen atoms in total. The summed E-state index contributed by atoms with van der Waals surface area (Å²) in [4.78, 5) is 11.0. The van der Waals surface area contributed by atoms with Gasteiger partial charge in [-0.1, -0.05) is 19.1 Å². The molecule has 0 amide bonds. The van der Waals surface area contributed by atoms with Crippen LogP contribution in [0.15, 0.2) is 24.3 Å². The van der Waals surface area contributed by atoms with Crippen LogP contribution in [-0.4, -0.2) is 11.9 Å². The number of carbonyl (C=O) groups excluding carboxylic acids is 1. The maximum absolute atomic E-state index is 11.0. The largest absolute Gasteiger partial charge is 0.490 e. The van der Waals surface area contributed by atoms with Crippen LogP contribution in [0.5, 0.6) is 5.75 Å². The predicted octanol–water partition coefficient (Wildman–Crippen LogP) is 3.31. The summed E-state index contributed by atoms with van der Waals surface area (Å²) in [6.07, 6.45) is 3.42. The molecule has 0 aromatic heterocycles. The van der Waals surface area contributed by atoms with Gasteiger partial charge in [0, 0.05) is 6.42 Å². The third-order valence-corrected chi connectivity index (χ3v) is 2.87. The van der Waals surface area contributed by atoms with Gasteiger partial charge in [0.1, 0.15) is 11.5 Å². The van der Waals surface area contributed by atoms with Gasteiger partial charge in [-0.25, -0.2) is 0 Å². The van der Waals surface area contributed by atoms with Gasteiger partial charge in [-0.05, 0) is 43.4 Å². The molecule has 0 saturated heterocycles. The Balaban J connectivity index is 1.97. The van der Waals surface area contributed by atoms with E-state index in [1.807, 2.05) is 12.1 Å². The number of carbonyl (C=O) groups is 1. The second-order valence-corrected chi connectivity index (χ2v) is 4.69. The van der Waals surface area contributed by atoms with Crippen molar-refractivity contribution in [3.8, 4) is 5.75 Å². The Morgan fingerprint density at radius 1 is 1.38 bits per heavy atom. The van der Waals surface area contributed by atoms with Crippen LogP contribution in [0.3, 0.4) is 0 Å². The van der Waals surface area contributed by atoms with Gasteiger partial charge in [0.2, 0.25) is 0 Å². The molecule has 1 aliphatic carbocycles. The quantitative estimate of drug-likeness (QED) is 0.758. The molecule has 1 aromatic rings. The Kier molecular flexibility index (Phi) is 3.28. The van der Waals surface area contributed by atoms with Crippen LogP contribution in [0.4, 0.5) is 0 Å². The number of ketones is 1. The summed E-state index contributed by atoms with van der Waals surface area (Å²) < 4.78 is 5.67. The Morgan fingerprint density at radius 2 is 2.00 bits per heavy atom. The summed E-state index contributed by atoms with van der Waals surface area (Å²) in [7, 11) is 0. The summed E-state index contributed by atoms with van der Waals surface area (Å²) in [6, 6.07) is 8.13. The first kappa shape index (κ1) is 11.2. The number of hydrogen-bond donors (Lipinski definition) is 0. The molecule has 1 saturated carbocycles. The van der Waals surface area contributed by atoms with E-state index < -0.39 is 0 Å². The highest BCUT2D eigenvalue weighted by Gasteiger charge is 2.23. The Hall–Kier alpha value is -1.31. The van der Waals surface area contributed by atoms with Crippen molar-refractivity contribution >= 4 is 5.78 Å². The smallest absolute Gasteiger partial charge is 0.130 e. The second kappa shape index (κ2) is 4.69. The van der Waals surface area contributed by atoms with E-state index in [2.05, 4.69) is 19.1 Å². The molecule has 2 heteroatoms. The van der Waals surface area contributed by atoms with E-state index in [1.54, 1.807) is 6.92 Å². The highest BCUT2D eigenvalue weighted by atomic mass is 16.5. The minimum atomic E-state index is 0.241. The molecular formula is C14H18O2. The van der Waals surface area contributed by atoms with Crippen LogP contribution in [-0.2, 0) is 4.79 Å². The van der Waals surface area contributed by atoms with E-state index in [9.17, 15) is 4.79 Å². The molecule has 1 aliphatic rings. The zero-order valence-electron chi connectivity index (χ0n) is 9.90. The molecule has 0 aliphatic heterocycles. The molecule has 1 unspecified atom stereocenters. The number of benzene rings is 1. The zero-order valence-corrected chi connectivity index (χ0v) is 9.90. The molecule has 0 N–H and O–H groups in total.